The monoisotopic (exact) mass is 316 g/mol. The number of hydrogen-bond donors (Lipinski definition) is 2. The van der Waals surface area contributed by atoms with Gasteiger partial charge in [-0.25, -0.2) is 4.79 Å². The van der Waals surface area contributed by atoms with E-state index in [0.717, 1.165) is 29.4 Å². The summed E-state index contributed by atoms with van der Waals surface area (Å²) in [5.41, 5.74) is 3.26. The van der Waals surface area contributed by atoms with Crippen molar-refractivity contribution in [3.8, 4) is 0 Å². The minimum absolute atomic E-state index is 0.0472. The van der Waals surface area contributed by atoms with E-state index in [1.165, 1.54) is 31.5 Å². The van der Waals surface area contributed by atoms with Gasteiger partial charge in [0.1, 0.15) is 0 Å². The summed E-state index contributed by atoms with van der Waals surface area (Å²) in [6.45, 7) is 5.78. The Bertz CT molecular complexity index is 715. The summed E-state index contributed by atoms with van der Waals surface area (Å²) in [6, 6.07) is 3.72. The third kappa shape index (κ3) is 3.26. The second kappa shape index (κ2) is 6.72. The average molecular weight is 316 g/mol. The third-order valence-electron chi connectivity index (χ3n) is 4.78. The molecule has 3 rings (SSSR count). The number of hydrogen-bond acceptors (Lipinski definition) is 3. The lowest BCUT2D eigenvalue weighted by atomic mass is 10.0. The molecule has 1 fully saturated rings. The molecule has 2 aromatic rings. The number of nitrogens with zero attached hydrogens (tertiary/aromatic N) is 2. The molecule has 0 unspecified atom stereocenters. The summed E-state index contributed by atoms with van der Waals surface area (Å²) in [5, 5.41) is 19.7. The second-order valence-corrected chi connectivity index (χ2v) is 6.36. The number of likely N-dealkylation sites (tertiary alicyclic amines) is 1. The number of aromatic nitrogens is 1. The van der Waals surface area contributed by atoms with Crippen LogP contribution in [-0.2, 0) is 13.0 Å². The Balaban J connectivity index is 1.96. The smallest absolute Gasteiger partial charge is 0.336 e. The molecule has 0 amide bonds. The Morgan fingerprint density at radius 3 is 2.61 bits per heavy atom. The number of aromatic carboxylic acids is 1. The number of aliphatic hydroxyl groups excluding tert-OH is 1. The van der Waals surface area contributed by atoms with Crippen LogP contribution < -0.4 is 0 Å². The van der Waals surface area contributed by atoms with E-state index in [2.05, 4.69) is 11.1 Å². The molecule has 0 radical (unpaired) electrons. The van der Waals surface area contributed by atoms with E-state index >= 15 is 0 Å². The van der Waals surface area contributed by atoms with Crippen LogP contribution in [0.3, 0.4) is 0 Å². The molecule has 124 valence electrons. The molecule has 0 bridgehead atoms. The van der Waals surface area contributed by atoms with E-state index in [1.807, 2.05) is 17.6 Å². The van der Waals surface area contributed by atoms with Gasteiger partial charge in [-0.1, -0.05) is 0 Å². The van der Waals surface area contributed by atoms with Crippen molar-refractivity contribution in [2.45, 2.75) is 32.7 Å². The van der Waals surface area contributed by atoms with Gasteiger partial charge in [0.25, 0.3) is 0 Å². The lowest BCUT2D eigenvalue weighted by molar-refractivity contribution is 0.0696. The Morgan fingerprint density at radius 2 is 1.96 bits per heavy atom. The summed E-state index contributed by atoms with van der Waals surface area (Å²) in [5.74, 6) is -0.903. The number of benzene rings is 1. The molecule has 1 aromatic carbocycles. The largest absolute Gasteiger partial charge is 0.478 e. The van der Waals surface area contributed by atoms with E-state index < -0.39 is 5.97 Å². The summed E-state index contributed by atoms with van der Waals surface area (Å²) in [7, 11) is 0. The molecule has 5 nitrogen and oxygen atoms in total. The highest BCUT2D eigenvalue weighted by Gasteiger charge is 2.16. The lowest BCUT2D eigenvalue weighted by Gasteiger charge is -2.13. The zero-order valence-corrected chi connectivity index (χ0v) is 13.6. The number of rotatable bonds is 6. The number of carbonyl (C=O) groups is 1. The molecule has 23 heavy (non-hydrogen) atoms. The van der Waals surface area contributed by atoms with Gasteiger partial charge >= 0.3 is 5.97 Å². The summed E-state index contributed by atoms with van der Waals surface area (Å²) in [6.07, 6.45) is 5.60. The van der Waals surface area contributed by atoms with Crippen molar-refractivity contribution in [2.24, 2.45) is 0 Å². The van der Waals surface area contributed by atoms with Crippen LogP contribution in [0.5, 0.6) is 0 Å². The van der Waals surface area contributed by atoms with Crippen molar-refractivity contribution in [1.82, 2.24) is 9.47 Å². The van der Waals surface area contributed by atoms with Gasteiger partial charge in [-0.05, 0) is 62.5 Å². The van der Waals surface area contributed by atoms with Gasteiger partial charge in [0.2, 0.25) is 0 Å². The maximum Gasteiger partial charge on any atom is 0.336 e. The SMILES string of the molecule is Cc1cc2c(CCN3CCCC3)cn(CCO)c2cc1C(=O)O. The molecular weight excluding hydrogens is 292 g/mol. The molecule has 1 aliphatic rings. The van der Waals surface area contributed by atoms with Crippen LogP contribution in [0.2, 0.25) is 0 Å². The van der Waals surface area contributed by atoms with Crippen molar-refractivity contribution in [3.63, 3.8) is 0 Å². The van der Waals surface area contributed by atoms with E-state index in [-0.39, 0.29) is 6.61 Å². The fourth-order valence-corrected chi connectivity index (χ4v) is 3.53. The van der Waals surface area contributed by atoms with Crippen molar-refractivity contribution in [2.75, 3.05) is 26.2 Å². The molecular formula is C18H24N2O3. The van der Waals surface area contributed by atoms with E-state index in [0.29, 0.717) is 12.1 Å². The van der Waals surface area contributed by atoms with Gasteiger partial charge in [-0.3, -0.25) is 0 Å². The number of carboxylic acids is 1. The molecule has 2 heterocycles. The van der Waals surface area contributed by atoms with Crippen molar-refractivity contribution >= 4 is 16.9 Å². The van der Waals surface area contributed by atoms with Gasteiger partial charge in [-0.2, -0.15) is 0 Å². The first-order valence-corrected chi connectivity index (χ1v) is 8.29. The molecule has 2 N–H and O–H groups in total. The van der Waals surface area contributed by atoms with Crippen molar-refractivity contribution < 1.29 is 15.0 Å². The quantitative estimate of drug-likeness (QED) is 0.858. The van der Waals surface area contributed by atoms with E-state index in [4.69, 9.17) is 0 Å². The van der Waals surface area contributed by atoms with Crippen LogP contribution in [0, 0.1) is 6.92 Å². The summed E-state index contributed by atoms with van der Waals surface area (Å²) >= 11 is 0. The Labute approximate surface area is 136 Å². The first-order valence-electron chi connectivity index (χ1n) is 8.29. The highest BCUT2D eigenvalue weighted by atomic mass is 16.4. The Kier molecular flexibility index (Phi) is 4.68. The van der Waals surface area contributed by atoms with Crippen molar-refractivity contribution in [3.05, 3.63) is 35.0 Å². The lowest BCUT2D eigenvalue weighted by Crippen LogP contribution is -2.21. The van der Waals surface area contributed by atoms with Gasteiger partial charge in [0.15, 0.2) is 0 Å². The maximum absolute atomic E-state index is 11.4. The molecule has 1 aromatic heterocycles. The van der Waals surface area contributed by atoms with Gasteiger partial charge in [0, 0.05) is 30.2 Å². The minimum Gasteiger partial charge on any atom is -0.478 e. The number of aliphatic hydroxyl groups is 1. The van der Waals surface area contributed by atoms with E-state index in [9.17, 15) is 15.0 Å². The standard InChI is InChI=1S/C18H24N2O3/c1-13-10-16-14(4-7-19-5-2-3-6-19)12-20(8-9-21)17(16)11-15(13)18(22)23/h10-12,21H,2-9H2,1H3,(H,22,23). The zero-order chi connectivity index (χ0) is 16.4. The second-order valence-electron chi connectivity index (χ2n) is 6.36. The molecule has 1 saturated heterocycles. The predicted octanol–water partition coefficient (Wildman–Crippen LogP) is 2.28. The topological polar surface area (TPSA) is 65.7 Å². The molecule has 0 spiro atoms. The third-order valence-corrected chi connectivity index (χ3v) is 4.78. The fourth-order valence-electron chi connectivity index (χ4n) is 3.53. The van der Waals surface area contributed by atoms with Crippen LogP contribution in [-0.4, -0.2) is 51.9 Å². The highest BCUT2D eigenvalue weighted by molar-refractivity contribution is 5.96. The summed E-state index contributed by atoms with van der Waals surface area (Å²) < 4.78 is 1.97. The normalized spacial score (nSPS) is 15.6. The van der Waals surface area contributed by atoms with Crippen LogP contribution in [0.4, 0.5) is 0 Å². The van der Waals surface area contributed by atoms with Gasteiger partial charge in [0.05, 0.1) is 12.2 Å². The number of carboxylic acid groups (broad SMARTS) is 1. The fraction of sp³-hybridized carbons (Fsp3) is 0.500. The molecule has 1 aliphatic heterocycles. The highest BCUT2D eigenvalue weighted by Crippen LogP contribution is 2.26. The van der Waals surface area contributed by atoms with E-state index in [1.54, 1.807) is 6.07 Å². The van der Waals surface area contributed by atoms with Crippen LogP contribution in [0.15, 0.2) is 18.3 Å². The van der Waals surface area contributed by atoms with Crippen molar-refractivity contribution in [1.29, 1.82) is 0 Å². The van der Waals surface area contributed by atoms with Crippen LogP contribution in [0.25, 0.3) is 10.9 Å². The molecule has 0 saturated carbocycles. The zero-order valence-electron chi connectivity index (χ0n) is 13.6. The van der Waals surface area contributed by atoms with Crippen LogP contribution >= 0.6 is 0 Å². The van der Waals surface area contributed by atoms with Crippen LogP contribution in [0.1, 0.15) is 34.3 Å². The number of aryl methyl sites for hydroxylation is 1. The minimum atomic E-state index is -0.903. The molecule has 0 aliphatic carbocycles. The Hall–Kier alpha value is -1.85. The summed E-state index contributed by atoms with van der Waals surface area (Å²) in [4.78, 5) is 13.9. The molecule has 5 heteroatoms. The average Bonchev–Trinajstić information content (AvgIpc) is 3.13. The Morgan fingerprint density at radius 1 is 1.22 bits per heavy atom. The van der Waals surface area contributed by atoms with Gasteiger partial charge in [-0.15, -0.1) is 0 Å². The molecule has 0 atom stereocenters. The van der Waals surface area contributed by atoms with Gasteiger partial charge < -0.3 is 19.7 Å². The first kappa shape index (κ1) is 16.0. The number of fused-ring (bicyclic) bond motifs is 1. The predicted molar refractivity (Wildman–Crippen MR) is 90.1 cm³/mol. The maximum atomic E-state index is 11.4. The first-order chi connectivity index (χ1) is 11.1.